The largest absolute Gasteiger partial charge is 0.606 e. The summed E-state index contributed by atoms with van der Waals surface area (Å²) in [5, 5.41) is 6.39. The molecule has 6 heteroatoms. The minimum absolute atomic E-state index is 0.622. The maximum atomic E-state index is 14.3. The first-order chi connectivity index (χ1) is 23.2. The van der Waals surface area contributed by atoms with Crippen LogP contribution in [0.15, 0.2) is 166 Å². The van der Waals surface area contributed by atoms with Gasteiger partial charge in [-0.1, -0.05) is 72.8 Å². The smallest absolute Gasteiger partial charge is 0.227 e. The summed E-state index contributed by atoms with van der Waals surface area (Å²) in [6, 6.07) is 49.7. The Morgan fingerprint density at radius 3 is 1.66 bits per heavy atom. The molecule has 4 heterocycles. The lowest BCUT2D eigenvalue weighted by Gasteiger charge is -2.12. The summed E-state index contributed by atoms with van der Waals surface area (Å²) in [4.78, 5) is 6.24. The lowest BCUT2D eigenvalue weighted by Crippen LogP contribution is -2.02. The SMILES string of the molecule is [O-][S+](c1ccc2c(c1)c1ccccc1n2-c1ccccc1)c1ccc2c(c1)c1ccccc1n2-c1cnc2oc3ccccc3c2c1. The first-order valence-electron chi connectivity index (χ1n) is 15.5. The molecule has 0 aliphatic heterocycles. The van der Waals surface area contributed by atoms with Gasteiger partial charge in [-0.15, -0.1) is 0 Å². The summed E-state index contributed by atoms with van der Waals surface area (Å²) < 4.78 is 24.8. The lowest BCUT2D eigenvalue weighted by molar-refractivity contribution is 0.595. The van der Waals surface area contributed by atoms with Crippen molar-refractivity contribution >= 4 is 76.9 Å². The van der Waals surface area contributed by atoms with Gasteiger partial charge in [0.1, 0.15) is 5.58 Å². The Balaban J connectivity index is 1.12. The Bertz CT molecular complexity index is 2830. The number of hydrogen-bond donors (Lipinski definition) is 0. The summed E-state index contributed by atoms with van der Waals surface area (Å²) in [5.74, 6) is 0. The minimum atomic E-state index is -1.39. The molecule has 5 nitrogen and oxygen atoms in total. The van der Waals surface area contributed by atoms with Crippen LogP contribution in [-0.2, 0) is 11.2 Å². The topological polar surface area (TPSA) is 59.0 Å². The number of rotatable bonds is 4. The Hall–Kier alpha value is -5.82. The second kappa shape index (κ2) is 10.1. The molecule has 6 aromatic carbocycles. The average Bonchev–Trinajstić information content (AvgIpc) is 3.78. The van der Waals surface area contributed by atoms with Crippen molar-refractivity contribution in [3.63, 3.8) is 0 Å². The van der Waals surface area contributed by atoms with Crippen molar-refractivity contribution in [2.24, 2.45) is 0 Å². The van der Waals surface area contributed by atoms with Crippen molar-refractivity contribution in [2.75, 3.05) is 0 Å². The minimum Gasteiger partial charge on any atom is -0.606 e. The van der Waals surface area contributed by atoms with Crippen LogP contribution in [-0.4, -0.2) is 18.7 Å². The molecule has 10 aromatic rings. The predicted molar refractivity (Wildman–Crippen MR) is 191 cm³/mol. The van der Waals surface area contributed by atoms with Gasteiger partial charge in [0.2, 0.25) is 5.71 Å². The fourth-order valence-electron chi connectivity index (χ4n) is 7.12. The maximum absolute atomic E-state index is 14.3. The molecule has 0 aliphatic rings. The van der Waals surface area contributed by atoms with Gasteiger partial charge in [-0.2, -0.15) is 0 Å². The van der Waals surface area contributed by atoms with E-state index in [1.54, 1.807) is 0 Å². The van der Waals surface area contributed by atoms with Crippen molar-refractivity contribution in [3.8, 4) is 11.4 Å². The molecule has 47 heavy (non-hydrogen) atoms. The molecule has 1 atom stereocenters. The van der Waals surface area contributed by atoms with Gasteiger partial charge in [0.15, 0.2) is 9.79 Å². The normalized spacial score (nSPS) is 12.7. The molecule has 0 saturated heterocycles. The fourth-order valence-corrected chi connectivity index (χ4v) is 8.23. The molecule has 0 bridgehead atoms. The third kappa shape index (κ3) is 3.92. The zero-order valence-electron chi connectivity index (χ0n) is 25.0. The van der Waals surface area contributed by atoms with E-state index in [1.807, 2.05) is 42.6 Å². The molecular weight excluding hydrogens is 599 g/mol. The van der Waals surface area contributed by atoms with Gasteiger partial charge in [0, 0.05) is 55.9 Å². The average molecular weight is 624 g/mol. The van der Waals surface area contributed by atoms with Gasteiger partial charge < -0.3 is 18.1 Å². The zero-order valence-corrected chi connectivity index (χ0v) is 25.8. The van der Waals surface area contributed by atoms with E-state index < -0.39 is 11.2 Å². The van der Waals surface area contributed by atoms with Crippen molar-refractivity contribution in [1.29, 1.82) is 0 Å². The molecule has 0 spiro atoms. The first kappa shape index (κ1) is 26.4. The van der Waals surface area contributed by atoms with Gasteiger partial charge in [0.05, 0.1) is 39.3 Å². The quantitative estimate of drug-likeness (QED) is 0.183. The number of benzene rings is 6. The summed E-state index contributed by atoms with van der Waals surface area (Å²) in [5.41, 5.74) is 7.81. The second-order valence-electron chi connectivity index (χ2n) is 11.8. The molecule has 0 amide bonds. The van der Waals surface area contributed by atoms with Crippen LogP contribution < -0.4 is 0 Å². The Morgan fingerprint density at radius 1 is 0.468 bits per heavy atom. The molecule has 0 radical (unpaired) electrons. The Morgan fingerprint density at radius 2 is 1.00 bits per heavy atom. The van der Waals surface area contributed by atoms with Gasteiger partial charge in [0.25, 0.3) is 0 Å². The maximum Gasteiger partial charge on any atom is 0.227 e. The molecular formula is C41H25N3O2S. The number of hydrogen-bond acceptors (Lipinski definition) is 3. The van der Waals surface area contributed by atoms with Gasteiger partial charge in [-0.05, 0) is 60.7 Å². The predicted octanol–water partition coefficient (Wildman–Crippen LogP) is 10.3. The second-order valence-corrected chi connectivity index (χ2v) is 13.3. The van der Waals surface area contributed by atoms with Gasteiger partial charge in [-0.25, -0.2) is 4.98 Å². The summed E-state index contributed by atoms with van der Waals surface area (Å²) >= 11 is -1.39. The van der Waals surface area contributed by atoms with E-state index in [9.17, 15) is 4.55 Å². The van der Waals surface area contributed by atoms with E-state index in [2.05, 4.69) is 118 Å². The van der Waals surface area contributed by atoms with Crippen molar-refractivity contribution in [2.45, 2.75) is 9.79 Å². The van der Waals surface area contributed by atoms with E-state index >= 15 is 0 Å². The summed E-state index contributed by atoms with van der Waals surface area (Å²) in [6.07, 6.45) is 1.86. The number of para-hydroxylation sites is 4. The molecule has 0 N–H and O–H groups in total. The molecule has 10 rings (SSSR count). The van der Waals surface area contributed by atoms with E-state index in [0.717, 1.165) is 81.1 Å². The van der Waals surface area contributed by atoms with E-state index in [4.69, 9.17) is 9.40 Å². The highest BCUT2D eigenvalue weighted by Gasteiger charge is 2.22. The van der Waals surface area contributed by atoms with Crippen LogP contribution in [0.25, 0.3) is 77.1 Å². The lowest BCUT2D eigenvalue weighted by atomic mass is 10.1. The van der Waals surface area contributed by atoms with Crippen LogP contribution in [0.2, 0.25) is 0 Å². The standard InChI is InChI=1S/C41H25N3O2S/c45-47(28-18-20-38-33(23-28)30-12-4-7-15-36(30)43(38)26-10-2-1-3-11-26)29-19-21-39-34(24-29)31-13-5-8-16-37(31)44(39)27-22-35-32-14-6-9-17-40(32)46-41(35)42-25-27/h1-25H. The van der Waals surface area contributed by atoms with Crippen LogP contribution in [0.3, 0.4) is 0 Å². The number of nitrogens with zero attached hydrogens (tertiary/aromatic N) is 3. The Labute approximate surface area is 272 Å². The van der Waals surface area contributed by atoms with Crippen LogP contribution in [0.1, 0.15) is 0 Å². The van der Waals surface area contributed by atoms with E-state index in [0.29, 0.717) is 5.71 Å². The summed E-state index contributed by atoms with van der Waals surface area (Å²) in [7, 11) is 0. The van der Waals surface area contributed by atoms with Crippen LogP contribution in [0.4, 0.5) is 0 Å². The van der Waals surface area contributed by atoms with Crippen molar-refractivity contribution in [3.05, 3.63) is 152 Å². The number of pyridine rings is 1. The molecule has 1 unspecified atom stereocenters. The number of aromatic nitrogens is 3. The van der Waals surface area contributed by atoms with Crippen LogP contribution >= 0.6 is 0 Å². The van der Waals surface area contributed by atoms with Gasteiger partial charge >= 0.3 is 0 Å². The van der Waals surface area contributed by atoms with Crippen LogP contribution in [0.5, 0.6) is 0 Å². The van der Waals surface area contributed by atoms with E-state index in [1.165, 1.54) is 0 Å². The number of furan rings is 1. The molecule has 0 fully saturated rings. The van der Waals surface area contributed by atoms with Crippen LogP contribution in [0, 0.1) is 0 Å². The van der Waals surface area contributed by atoms with Crippen molar-refractivity contribution < 1.29 is 8.97 Å². The monoisotopic (exact) mass is 623 g/mol. The molecule has 0 saturated carbocycles. The van der Waals surface area contributed by atoms with E-state index in [-0.39, 0.29) is 0 Å². The molecule has 0 aliphatic carbocycles. The zero-order chi connectivity index (χ0) is 31.1. The van der Waals surface area contributed by atoms with Gasteiger partial charge in [-0.3, -0.25) is 0 Å². The van der Waals surface area contributed by atoms with Crippen molar-refractivity contribution in [1.82, 2.24) is 14.1 Å². The third-order valence-corrected chi connectivity index (χ3v) is 10.6. The highest BCUT2D eigenvalue weighted by atomic mass is 32.2. The third-order valence-electron chi connectivity index (χ3n) is 9.21. The number of fused-ring (bicyclic) bond motifs is 9. The Kier molecular flexibility index (Phi) is 5.67. The highest BCUT2D eigenvalue weighted by molar-refractivity contribution is 7.91. The fraction of sp³-hybridized carbons (Fsp3) is 0. The first-order valence-corrected chi connectivity index (χ1v) is 16.7. The molecule has 4 aromatic heterocycles. The molecule has 222 valence electrons. The highest BCUT2D eigenvalue weighted by Crippen LogP contribution is 2.38. The summed E-state index contributed by atoms with van der Waals surface area (Å²) in [6.45, 7) is 0.